The number of aryl methyl sites for hydroxylation is 1. The number of anilines is 1. The van der Waals surface area contributed by atoms with Crippen molar-refractivity contribution in [2.75, 3.05) is 19.3 Å². The number of nitrogen functional groups attached to an aromatic ring is 1. The van der Waals surface area contributed by atoms with Gasteiger partial charge in [-0.1, -0.05) is 40.2 Å². The van der Waals surface area contributed by atoms with Gasteiger partial charge in [-0.25, -0.2) is 0 Å². The Balaban J connectivity index is 1.75. The van der Waals surface area contributed by atoms with Gasteiger partial charge in [-0.05, 0) is 61.8 Å². The first-order valence-electron chi connectivity index (χ1n) is 6.91. The highest BCUT2D eigenvalue weighted by Crippen LogP contribution is 2.13. The maximum absolute atomic E-state index is 5.79. The number of halogens is 1. The molecule has 0 aromatic heterocycles. The Morgan fingerprint density at radius 1 is 1.05 bits per heavy atom. The summed E-state index contributed by atoms with van der Waals surface area (Å²) >= 11 is 3.46. The highest BCUT2D eigenvalue weighted by Gasteiger charge is 2.01. The summed E-state index contributed by atoms with van der Waals surface area (Å²) in [6, 6.07) is 16.7. The summed E-state index contributed by atoms with van der Waals surface area (Å²) in [5, 5.41) is 0. The van der Waals surface area contributed by atoms with Crippen molar-refractivity contribution in [3.63, 3.8) is 0 Å². The first kappa shape index (κ1) is 15.1. The van der Waals surface area contributed by atoms with E-state index < -0.39 is 0 Å². The van der Waals surface area contributed by atoms with Crippen LogP contribution in [0, 0.1) is 0 Å². The number of nitrogens with zero attached hydrogens (tertiary/aromatic N) is 1. The van der Waals surface area contributed by atoms with Gasteiger partial charge in [0.1, 0.15) is 0 Å². The molecule has 0 unspecified atom stereocenters. The highest BCUT2D eigenvalue weighted by molar-refractivity contribution is 9.10. The summed E-state index contributed by atoms with van der Waals surface area (Å²) < 4.78 is 1.13. The number of nitrogens with two attached hydrogens (primary N) is 1. The fourth-order valence-electron chi connectivity index (χ4n) is 2.28. The Kier molecular flexibility index (Phi) is 5.62. The van der Waals surface area contributed by atoms with Crippen molar-refractivity contribution >= 4 is 21.6 Å². The zero-order chi connectivity index (χ0) is 14.4. The average Bonchev–Trinajstić information content (AvgIpc) is 2.41. The van der Waals surface area contributed by atoms with Crippen LogP contribution in [0.1, 0.15) is 17.5 Å². The molecule has 0 radical (unpaired) electrons. The lowest BCUT2D eigenvalue weighted by molar-refractivity contribution is 0.322. The van der Waals surface area contributed by atoms with E-state index in [1.165, 1.54) is 11.1 Å². The SMILES string of the molecule is CN(CCCc1cccc(N)c1)Cc1ccc(Br)cc1. The lowest BCUT2D eigenvalue weighted by Gasteiger charge is -2.16. The zero-order valence-corrected chi connectivity index (χ0v) is 13.4. The van der Waals surface area contributed by atoms with Crippen LogP contribution in [-0.4, -0.2) is 18.5 Å². The Morgan fingerprint density at radius 2 is 1.80 bits per heavy atom. The second-order valence-corrected chi connectivity index (χ2v) is 6.13. The second kappa shape index (κ2) is 7.46. The number of hydrogen-bond donors (Lipinski definition) is 1. The maximum Gasteiger partial charge on any atom is 0.0316 e. The van der Waals surface area contributed by atoms with Gasteiger partial charge in [-0.15, -0.1) is 0 Å². The number of hydrogen-bond acceptors (Lipinski definition) is 2. The topological polar surface area (TPSA) is 29.3 Å². The van der Waals surface area contributed by atoms with E-state index >= 15 is 0 Å². The van der Waals surface area contributed by atoms with E-state index in [1.54, 1.807) is 0 Å². The zero-order valence-electron chi connectivity index (χ0n) is 11.8. The minimum atomic E-state index is 0.853. The molecule has 0 spiro atoms. The van der Waals surface area contributed by atoms with Crippen molar-refractivity contribution < 1.29 is 0 Å². The molecule has 0 aliphatic rings. The number of benzene rings is 2. The van der Waals surface area contributed by atoms with E-state index in [1.807, 2.05) is 12.1 Å². The summed E-state index contributed by atoms with van der Waals surface area (Å²) in [5.74, 6) is 0. The lowest BCUT2D eigenvalue weighted by atomic mass is 10.1. The van der Waals surface area contributed by atoms with Crippen molar-refractivity contribution in [1.29, 1.82) is 0 Å². The third-order valence-corrected chi connectivity index (χ3v) is 3.85. The van der Waals surface area contributed by atoms with Crippen molar-refractivity contribution in [3.8, 4) is 0 Å². The van der Waals surface area contributed by atoms with E-state index in [-0.39, 0.29) is 0 Å². The van der Waals surface area contributed by atoms with E-state index in [0.717, 1.165) is 36.1 Å². The van der Waals surface area contributed by atoms with Gasteiger partial charge < -0.3 is 10.6 Å². The van der Waals surface area contributed by atoms with Crippen molar-refractivity contribution in [2.45, 2.75) is 19.4 Å². The fourth-order valence-corrected chi connectivity index (χ4v) is 2.55. The van der Waals surface area contributed by atoms with E-state index in [2.05, 4.69) is 64.3 Å². The summed E-state index contributed by atoms with van der Waals surface area (Å²) in [7, 11) is 2.17. The molecule has 2 rings (SSSR count). The van der Waals surface area contributed by atoms with Crippen LogP contribution < -0.4 is 5.73 Å². The van der Waals surface area contributed by atoms with Crippen LogP contribution in [0.5, 0.6) is 0 Å². The van der Waals surface area contributed by atoms with Gasteiger partial charge in [-0.2, -0.15) is 0 Å². The van der Waals surface area contributed by atoms with Gasteiger partial charge in [0.2, 0.25) is 0 Å². The number of rotatable bonds is 6. The molecule has 0 heterocycles. The predicted octanol–water partition coefficient (Wildman–Crippen LogP) is 4.10. The van der Waals surface area contributed by atoms with Crippen LogP contribution in [0.4, 0.5) is 5.69 Å². The molecule has 0 bridgehead atoms. The quantitative estimate of drug-likeness (QED) is 0.807. The van der Waals surface area contributed by atoms with Gasteiger partial charge in [0.05, 0.1) is 0 Å². The maximum atomic E-state index is 5.79. The molecule has 2 nitrogen and oxygen atoms in total. The molecule has 0 amide bonds. The molecule has 2 aromatic rings. The third-order valence-electron chi connectivity index (χ3n) is 3.32. The van der Waals surface area contributed by atoms with Crippen molar-refractivity contribution in [3.05, 3.63) is 64.1 Å². The van der Waals surface area contributed by atoms with E-state index in [9.17, 15) is 0 Å². The van der Waals surface area contributed by atoms with Gasteiger partial charge in [0.25, 0.3) is 0 Å². The van der Waals surface area contributed by atoms with Crippen LogP contribution in [0.3, 0.4) is 0 Å². The minimum Gasteiger partial charge on any atom is -0.399 e. The monoisotopic (exact) mass is 332 g/mol. The van der Waals surface area contributed by atoms with E-state index in [4.69, 9.17) is 5.73 Å². The molecule has 20 heavy (non-hydrogen) atoms. The molecule has 0 fully saturated rings. The molecule has 0 aliphatic carbocycles. The summed E-state index contributed by atoms with van der Waals surface area (Å²) in [5.41, 5.74) is 9.31. The molecule has 2 aromatic carbocycles. The van der Waals surface area contributed by atoms with Crippen LogP contribution in [0.25, 0.3) is 0 Å². The molecular weight excluding hydrogens is 312 g/mol. The minimum absolute atomic E-state index is 0.853. The Hall–Kier alpha value is -1.32. The first-order chi connectivity index (χ1) is 9.63. The molecule has 106 valence electrons. The molecule has 3 heteroatoms. The van der Waals surface area contributed by atoms with Crippen LogP contribution in [0.15, 0.2) is 53.0 Å². The normalized spacial score (nSPS) is 10.9. The molecule has 2 N–H and O–H groups in total. The Labute approximate surface area is 129 Å². The van der Waals surface area contributed by atoms with Gasteiger partial charge >= 0.3 is 0 Å². The Bertz CT molecular complexity index is 537. The standard InChI is InChI=1S/C17H21BrN2/c1-20(13-15-7-9-16(18)10-8-15)11-3-5-14-4-2-6-17(19)12-14/h2,4,6-10,12H,3,5,11,13,19H2,1H3. The molecule has 0 saturated carbocycles. The summed E-state index contributed by atoms with van der Waals surface area (Å²) in [6.07, 6.45) is 2.23. The Morgan fingerprint density at radius 3 is 2.50 bits per heavy atom. The van der Waals surface area contributed by atoms with Crippen molar-refractivity contribution in [2.24, 2.45) is 0 Å². The van der Waals surface area contributed by atoms with E-state index in [0.29, 0.717) is 0 Å². The average molecular weight is 333 g/mol. The highest BCUT2D eigenvalue weighted by atomic mass is 79.9. The largest absolute Gasteiger partial charge is 0.399 e. The van der Waals surface area contributed by atoms with Crippen LogP contribution in [-0.2, 0) is 13.0 Å². The van der Waals surface area contributed by atoms with Gasteiger partial charge in [0.15, 0.2) is 0 Å². The second-order valence-electron chi connectivity index (χ2n) is 5.21. The molecule has 0 atom stereocenters. The van der Waals surface area contributed by atoms with Gasteiger partial charge in [-0.3, -0.25) is 0 Å². The summed E-state index contributed by atoms with van der Waals surface area (Å²) in [4.78, 5) is 2.36. The molecule has 0 aliphatic heterocycles. The van der Waals surface area contributed by atoms with Crippen LogP contribution >= 0.6 is 15.9 Å². The summed E-state index contributed by atoms with van der Waals surface area (Å²) in [6.45, 7) is 2.08. The molecule has 0 saturated heterocycles. The first-order valence-corrected chi connectivity index (χ1v) is 7.70. The van der Waals surface area contributed by atoms with Crippen LogP contribution in [0.2, 0.25) is 0 Å². The van der Waals surface area contributed by atoms with Gasteiger partial charge in [0, 0.05) is 16.7 Å². The lowest BCUT2D eigenvalue weighted by Crippen LogP contribution is -2.19. The smallest absolute Gasteiger partial charge is 0.0316 e. The fraction of sp³-hybridized carbons (Fsp3) is 0.294. The predicted molar refractivity (Wildman–Crippen MR) is 89.7 cm³/mol. The third kappa shape index (κ3) is 4.99. The molecular formula is C17H21BrN2. The van der Waals surface area contributed by atoms with Crippen molar-refractivity contribution in [1.82, 2.24) is 4.90 Å².